The van der Waals surface area contributed by atoms with Gasteiger partial charge in [0.15, 0.2) is 17.3 Å². The lowest BCUT2D eigenvalue weighted by Gasteiger charge is -2.37. The Morgan fingerprint density at radius 2 is 1.78 bits per heavy atom. The fourth-order valence-electron chi connectivity index (χ4n) is 8.43. The van der Waals surface area contributed by atoms with Crippen molar-refractivity contribution in [2.24, 2.45) is 7.05 Å². The Bertz CT molecular complexity index is 1950. The maximum atomic E-state index is 14.6. The van der Waals surface area contributed by atoms with Crippen molar-refractivity contribution >= 4 is 29.2 Å². The number of likely N-dealkylation sites (tertiary alicyclic amines) is 1. The summed E-state index contributed by atoms with van der Waals surface area (Å²) in [6.07, 6.45) is 5.93. The van der Waals surface area contributed by atoms with Gasteiger partial charge in [-0.05, 0) is 67.5 Å². The lowest BCUT2D eigenvalue weighted by Crippen LogP contribution is -2.43. The number of rotatable bonds is 7. The average molecular weight is 701 g/mol. The van der Waals surface area contributed by atoms with Crippen LogP contribution in [0.15, 0.2) is 36.7 Å². The molecule has 1 atom stereocenters. The van der Waals surface area contributed by atoms with Gasteiger partial charge in [0.25, 0.3) is 6.43 Å². The Morgan fingerprint density at radius 1 is 0.980 bits per heavy atom. The zero-order chi connectivity index (χ0) is 35.4. The smallest absolute Gasteiger partial charge is 0.356 e. The molecule has 268 valence electrons. The molecule has 1 aromatic carbocycles. The van der Waals surface area contributed by atoms with Crippen molar-refractivity contribution in [1.82, 2.24) is 39.6 Å². The van der Waals surface area contributed by atoms with Crippen LogP contribution in [0.1, 0.15) is 77.9 Å². The van der Waals surface area contributed by atoms with E-state index in [9.17, 15) is 18.4 Å². The van der Waals surface area contributed by atoms with Gasteiger partial charge in [0.1, 0.15) is 0 Å². The minimum atomic E-state index is -2.66. The van der Waals surface area contributed by atoms with Crippen molar-refractivity contribution in [3.63, 3.8) is 0 Å². The van der Waals surface area contributed by atoms with Crippen LogP contribution in [-0.4, -0.2) is 102 Å². The van der Waals surface area contributed by atoms with Gasteiger partial charge in [-0.3, -0.25) is 19.1 Å². The second-order valence-corrected chi connectivity index (χ2v) is 14.1. The highest BCUT2D eigenvalue weighted by atomic mass is 19.3. The van der Waals surface area contributed by atoms with Crippen LogP contribution < -0.4 is 9.80 Å². The van der Waals surface area contributed by atoms with Gasteiger partial charge in [-0.2, -0.15) is 10.2 Å². The van der Waals surface area contributed by atoms with Crippen LogP contribution in [0.4, 0.5) is 26.1 Å². The number of fused-ring (bicyclic) bond motifs is 2. The van der Waals surface area contributed by atoms with Crippen LogP contribution in [0.25, 0.3) is 11.1 Å². The molecule has 3 aromatic heterocycles. The van der Waals surface area contributed by atoms with Gasteiger partial charge in [0.05, 0.1) is 18.8 Å². The van der Waals surface area contributed by atoms with Crippen LogP contribution in [0.5, 0.6) is 0 Å². The van der Waals surface area contributed by atoms with Gasteiger partial charge in [-0.1, -0.05) is 0 Å². The molecule has 51 heavy (non-hydrogen) atoms. The van der Waals surface area contributed by atoms with Crippen molar-refractivity contribution in [2.45, 2.75) is 70.5 Å². The van der Waals surface area contributed by atoms with Gasteiger partial charge in [-0.15, -0.1) is 10.2 Å². The third-order valence-corrected chi connectivity index (χ3v) is 11.1. The van der Waals surface area contributed by atoms with Crippen LogP contribution in [-0.2, 0) is 31.2 Å². The normalized spacial score (nSPS) is 19.9. The van der Waals surface area contributed by atoms with E-state index in [1.807, 2.05) is 11.0 Å². The highest BCUT2D eigenvalue weighted by Crippen LogP contribution is 2.44. The number of carboxylic acid groups (broad SMARTS) is 1. The molecule has 4 aromatic rings. The Morgan fingerprint density at radius 3 is 2.47 bits per heavy atom. The van der Waals surface area contributed by atoms with Crippen LogP contribution in [0, 0.1) is 0 Å². The molecular weight excluding hydrogens is 658 g/mol. The number of hydrogen-bond acceptors (Lipinski definition) is 9. The van der Waals surface area contributed by atoms with E-state index in [-0.39, 0.29) is 23.2 Å². The average Bonchev–Trinajstić information content (AvgIpc) is 3.90. The fraction of sp³-hybridized carbons (Fsp3) is 0.500. The van der Waals surface area contributed by atoms with Gasteiger partial charge in [0.2, 0.25) is 5.91 Å². The first-order chi connectivity index (χ1) is 24.6. The molecule has 2 fully saturated rings. The van der Waals surface area contributed by atoms with E-state index in [0.29, 0.717) is 49.0 Å². The molecule has 2 saturated heterocycles. The summed E-state index contributed by atoms with van der Waals surface area (Å²) in [6.45, 7) is 6.81. The molecule has 0 saturated carbocycles. The van der Waals surface area contributed by atoms with Crippen molar-refractivity contribution in [3.05, 3.63) is 64.7 Å². The monoisotopic (exact) mass is 700 g/mol. The number of piperidine rings is 1. The number of amides is 1. The second-order valence-electron chi connectivity index (χ2n) is 14.1. The summed E-state index contributed by atoms with van der Waals surface area (Å²) in [4.78, 5) is 32.4. The lowest BCUT2D eigenvalue weighted by molar-refractivity contribution is -0.129. The number of carbonyl (C=O) groups is 2. The Hall–Kier alpha value is -4.92. The number of hydrogen-bond donors (Lipinski definition) is 1. The topological polar surface area (TPSA) is 129 Å². The first-order valence-corrected chi connectivity index (χ1v) is 17.8. The highest BCUT2D eigenvalue weighted by Gasteiger charge is 2.36. The molecule has 13 nitrogen and oxygen atoms in total. The van der Waals surface area contributed by atoms with Gasteiger partial charge in [-0.25, -0.2) is 13.6 Å². The Balaban J connectivity index is 1.05. The van der Waals surface area contributed by atoms with Crippen LogP contribution in [0.3, 0.4) is 0 Å². The minimum Gasteiger partial charge on any atom is -0.476 e. The summed E-state index contributed by atoms with van der Waals surface area (Å²) in [5.41, 5.74) is 5.03. The number of halogens is 2. The largest absolute Gasteiger partial charge is 0.476 e. The van der Waals surface area contributed by atoms with Crippen LogP contribution >= 0.6 is 0 Å². The molecule has 4 aliphatic rings. The Kier molecular flexibility index (Phi) is 8.68. The third kappa shape index (κ3) is 6.21. The first-order valence-electron chi connectivity index (χ1n) is 17.8. The predicted molar refractivity (Wildman–Crippen MR) is 185 cm³/mol. The van der Waals surface area contributed by atoms with E-state index >= 15 is 0 Å². The molecular formula is C36H42F2N10O3. The number of anilines is 3. The molecule has 0 unspecified atom stereocenters. The number of aromatic nitrogens is 6. The maximum absolute atomic E-state index is 14.6. The van der Waals surface area contributed by atoms with Crippen molar-refractivity contribution in [2.75, 3.05) is 49.1 Å². The van der Waals surface area contributed by atoms with Crippen molar-refractivity contribution in [3.8, 4) is 11.1 Å². The van der Waals surface area contributed by atoms with E-state index in [1.165, 1.54) is 6.07 Å². The summed E-state index contributed by atoms with van der Waals surface area (Å²) >= 11 is 0. The standard InChI is InChI=1S/C36H42F2N10O3/c1-22(49)45-15-10-31-29(21-45)35(47-11-3-4-23-16-27(24-18-39-43(2)19-24)28(34(37)38)17-32(23)47)42-48(31)25-7-12-44(13-8-25)26-9-14-46(20-26)33-6-5-30(36(50)51)40-41-33/h5-6,16-19,25-26,34H,3-4,7-15,20-21H2,1-2H3,(H,50,51)/t26-/m1/s1. The third-order valence-electron chi connectivity index (χ3n) is 11.1. The molecule has 1 amide bonds. The number of carboxylic acids is 1. The molecule has 8 rings (SSSR count). The highest BCUT2D eigenvalue weighted by molar-refractivity contribution is 5.85. The number of nitrogens with zero attached hydrogens (tertiary/aromatic N) is 10. The van der Waals surface area contributed by atoms with E-state index in [1.54, 1.807) is 43.2 Å². The van der Waals surface area contributed by atoms with Crippen molar-refractivity contribution in [1.29, 1.82) is 0 Å². The Labute approximate surface area is 294 Å². The molecule has 0 aliphatic carbocycles. The number of aryl methyl sites for hydroxylation is 2. The fourth-order valence-corrected chi connectivity index (χ4v) is 8.43. The van der Waals surface area contributed by atoms with Gasteiger partial charge < -0.3 is 19.8 Å². The zero-order valence-electron chi connectivity index (χ0n) is 28.9. The SMILES string of the molecule is CC(=O)N1CCc2c(c(N3CCCc4cc(-c5cnn(C)c5)c(C(F)F)cc43)nn2C2CCN([C@@H]3CCN(c4ccc(C(=O)O)nn4)C3)CC2)C1. The van der Waals surface area contributed by atoms with Crippen molar-refractivity contribution < 1.29 is 23.5 Å². The molecule has 15 heteroatoms. The summed E-state index contributed by atoms with van der Waals surface area (Å²) in [6, 6.07) is 7.33. The summed E-state index contributed by atoms with van der Waals surface area (Å²) in [7, 11) is 1.78. The summed E-state index contributed by atoms with van der Waals surface area (Å²) in [5.74, 6) is 0.397. The number of aromatic carboxylic acids is 1. The van der Waals surface area contributed by atoms with Gasteiger partial charge in [0, 0.05) is 100.0 Å². The molecule has 1 N–H and O–H groups in total. The lowest BCUT2D eigenvalue weighted by atomic mass is 9.92. The molecule has 0 radical (unpaired) electrons. The van der Waals surface area contributed by atoms with E-state index in [0.717, 1.165) is 86.6 Å². The maximum Gasteiger partial charge on any atom is 0.356 e. The molecule has 0 bridgehead atoms. The molecule has 7 heterocycles. The molecule has 4 aliphatic heterocycles. The van der Waals surface area contributed by atoms with Gasteiger partial charge >= 0.3 is 5.97 Å². The van der Waals surface area contributed by atoms with Crippen LogP contribution in [0.2, 0.25) is 0 Å². The predicted octanol–water partition coefficient (Wildman–Crippen LogP) is 4.61. The quantitative estimate of drug-likeness (QED) is 0.292. The zero-order valence-corrected chi connectivity index (χ0v) is 28.9. The molecule has 0 spiro atoms. The summed E-state index contributed by atoms with van der Waals surface area (Å²) < 4.78 is 33.1. The second kappa shape index (κ2) is 13.3. The summed E-state index contributed by atoms with van der Waals surface area (Å²) in [5, 5.41) is 26.7. The minimum absolute atomic E-state index is 0.0159. The number of carbonyl (C=O) groups excluding carboxylic acids is 1. The number of benzene rings is 1. The van der Waals surface area contributed by atoms with E-state index in [4.69, 9.17) is 10.2 Å². The first kappa shape index (κ1) is 33.2. The number of alkyl halides is 2. The van der Waals surface area contributed by atoms with E-state index < -0.39 is 12.4 Å². The van der Waals surface area contributed by atoms with E-state index in [2.05, 4.69) is 34.7 Å².